The third kappa shape index (κ3) is 5.43. The van der Waals surface area contributed by atoms with Crippen LogP contribution in [-0.4, -0.2) is 17.4 Å². The van der Waals surface area contributed by atoms with Gasteiger partial charge in [-0.15, -0.1) is 13.2 Å². The van der Waals surface area contributed by atoms with Crippen LogP contribution < -0.4 is 21.1 Å². The number of primary amides is 1. The molecule has 0 heterocycles. The highest BCUT2D eigenvalue weighted by molar-refractivity contribution is 7.80. The van der Waals surface area contributed by atoms with Crippen molar-refractivity contribution in [3.63, 3.8) is 0 Å². The van der Waals surface area contributed by atoms with Crippen LogP contribution in [0.25, 0.3) is 0 Å². The van der Waals surface area contributed by atoms with Gasteiger partial charge in [-0.05, 0) is 42.5 Å². The third-order valence-electron chi connectivity index (χ3n) is 2.73. The predicted molar refractivity (Wildman–Crippen MR) is 87.9 cm³/mol. The second-order valence-electron chi connectivity index (χ2n) is 4.60. The number of ether oxygens (including phenoxy) is 1. The second-order valence-corrected chi connectivity index (χ2v) is 5.01. The van der Waals surface area contributed by atoms with Gasteiger partial charge in [0.05, 0.1) is 0 Å². The van der Waals surface area contributed by atoms with Crippen LogP contribution in [0, 0.1) is 0 Å². The summed E-state index contributed by atoms with van der Waals surface area (Å²) < 4.78 is 40.5. The highest BCUT2D eigenvalue weighted by Gasteiger charge is 2.31. The van der Waals surface area contributed by atoms with Gasteiger partial charge in [0, 0.05) is 23.0 Å². The van der Waals surface area contributed by atoms with E-state index < -0.39 is 12.3 Å². The fourth-order valence-electron chi connectivity index (χ4n) is 1.81. The summed E-state index contributed by atoms with van der Waals surface area (Å²) in [6.45, 7) is 0. The minimum absolute atomic E-state index is 0.126. The summed E-state index contributed by atoms with van der Waals surface area (Å²) >= 11 is 5.08. The molecule has 24 heavy (non-hydrogen) atoms. The molecule has 0 aliphatic carbocycles. The Hall–Kier alpha value is -2.81. The second kappa shape index (κ2) is 7.18. The molecule has 0 unspecified atom stereocenters. The normalized spacial score (nSPS) is 10.8. The van der Waals surface area contributed by atoms with E-state index in [0.717, 1.165) is 6.07 Å². The van der Waals surface area contributed by atoms with E-state index in [1.165, 1.54) is 24.3 Å². The maximum atomic E-state index is 12.2. The molecular formula is C15H12F3N3O2S. The Balaban J connectivity index is 2.03. The lowest BCUT2D eigenvalue weighted by molar-refractivity contribution is -0.274. The first-order chi connectivity index (χ1) is 11.2. The molecule has 0 atom stereocenters. The quantitative estimate of drug-likeness (QED) is 0.732. The van der Waals surface area contributed by atoms with Crippen molar-refractivity contribution in [1.82, 2.24) is 0 Å². The van der Waals surface area contributed by atoms with Crippen molar-refractivity contribution in [2.75, 3.05) is 10.6 Å². The number of anilines is 2. The van der Waals surface area contributed by atoms with Crippen molar-refractivity contribution in [2.24, 2.45) is 5.73 Å². The lowest BCUT2D eigenvalue weighted by atomic mass is 10.2. The molecule has 0 saturated carbocycles. The number of rotatable bonds is 4. The van der Waals surface area contributed by atoms with Crippen LogP contribution in [0.2, 0.25) is 0 Å². The zero-order valence-corrected chi connectivity index (χ0v) is 12.9. The van der Waals surface area contributed by atoms with E-state index in [2.05, 4.69) is 15.4 Å². The topological polar surface area (TPSA) is 76.4 Å². The summed E-state index contributed by atoms with van der Waals surface area (Å²) in [5.74, 6) is -0.958. The third-order valence-corrected chi connectivity index (χ3v) is 2.93. The van der Waals surface area contributed by atoms with Crippen molar-refractivity contribution in [3.8, 4) is 5.75 Å². The van der Waals surface area contributed by atoms with Gasteiger partial charge in [0.25, 0.3) is 0 Å². The van der Waals surface area contributed by atoms with Gasteiger partial charge in [-0.25, -0.2) is 0 Å². The van der Waals surface area contributed by atoms with Crippen molar-refractivity contribution in [3.05, 3.63) is 54.1 Å². The number of hydrogen-bond donors (Lipinski definition) is 3. The molecule has 0 fully saturated rings. The number of nitrogens with two attached hydrogens (primary N) is 1. The van der Waals surface area contributed by atoms with E-state index in [1.54, 1.807) is 18.2 Å². The van der Waals surface area contributed by atoms with Gasteiger partial charge in [0.1, 0.15) is 5.75 Å². The summed E-state index contributed by atoms with van der Waals surface area (Å²) in [6.07, 6.45) is -4.77. The monoisotopic (exact) mass is 355 g/mol. The number of hydrogen-bond acceptors (Lipinski definition) is 3. The molecule has 1 amide bonds. The number of halogens is 3. The van der Waals surface area contributed by atoms with Crippen LogP contribution in [0.5, 0.6) is 5.75 Å². The van der Waals surface area contributed by atoms with Crippen LogP contribution in [0.15, 0.2) is 48.5 Å². The largest absolute Gasteiger partial charge is 0.573 e. The Kier molecular flexibility index (Phi) is 5.24. The summed E-state index contributed by atoms with van der Waals surface area (Å²) in [5, 5.41) is 5.65. The van der Waals surface area contributed by atoms with E-state index in [-0.39, 0.29) is 10.9 Å². The minimum atomic E-state index is -4.77. The molecule has 0 spiro atoms. The molecule has 0 saturated heterocycles. The van der Waals surface area contributed by atoms with Gasteiger partial charge in [0.15, 0.2) is 5.11 Å². The number of carbonyl (C=O) groups excluding carboxylic acids is 1. The first kappa shape index (κ1) is 17.5. The molecule has 126 valence electrons. The van der Waals surface area contributed by atoms with Gasteiger partial charge >= 0.3 is 6.36 Å². The highest BCUT2D eigenvalue weighted by atomic mass is 32.1. The minimum Gasteiger partial charge on any atom is -0.406 e. The number of benzene rings is 2. The predicted octanol–water partition coefficient (Wildman–Crippen LogP) is 3.49. The smallest absolute Gasteiger partial charge is 0.406 e. The van der Waals surface area contributed by atoms with Crippen LogP contribution in [0.3, 0.4) is 0 Å². The zero-order valence-electron chi connectivity index (χ0n) is 12.1. The molecule has 5 nitrogen and oxygen atoms in total. The molecule has 4 N–H and O–H groups in total. The fourth-order valence-corrected chi connectivity index (χ4v) is 2.05. The van der Waals surface area contributed by atoms with E-state index in [4.69, 9.17) is 18.0 Å². The molecule has 0 bridgehead atoms. The highest BCUT2D eigenvalue weighted by Crippen LogP contribution is 2.25. The molecule has 0 radical (unpaired) electrons. The van der Waals surface area contributed by atoms with Gasteiger partial charge < -0.3 is 21.1 Å². The van der Waals surface area contributed by atoms with Gasteiger partial charge in [-0.1, -0.05) is 12.1 Å². The van der Waals surface area contributed by atoms with Crippen LogP contribution in [0.4, 0.5) is 24.5 Å². The SMILES string of the molecule is NC(=O)c1cccc(NC(=S)Nc2cccc(OC(F)(F)F)c2)c1. The number of thiocarbonyl (C=S) groups is 1. The molecule has 0 aliphatic rings. The van der Waals surface area contributed by atoms with Crippen LogP contribution in [-0.2, 0) is 0 Å². The maximum Gasteiger partial charge on any atom is 0.573 e. The Bertz CT molecular complexity index is 766. The van der Waals surface area contributed by atoms with Crippen LogP contribution >= 0.6 is 12.2 Å². The van der Waals surface area contributed by atoms with Gasteiger partial charge in [-0.3, -0.25) is 4.79 Å². The Morgan fingerprint density at radius 1 is 1.04 bits per heavy atom. The number of amides is 1. The number of alkyl halides is 3. The Morgan fingerprint density at radius 3 is 2.21 bits per heavy atom. The first-order valence-corrected chi connectivity index (χ1v) is 6.97. The molecule has 2 aromatic carbocycles. The average molecular weight is 355 g/mol. The Morgan fingerprint density at radius 2 is 1.62 bits per heavy atom. The number of carbonyl (C=O) groups is 1. The van der Waals surface area contributed by atoms with Crippen LogP contribution in [0.1, 0.15) is 10.4 Å². The fraction of sp³-hybridized carbons (Fsp3) is 0.0667. The molecule has 2 rings (SSSR count). The standard InChI is InChI=1S/C15H12F3N3O2S/c16-15(17,18)23-12-6-2-5-11(8-12)21-14(24)20-10-4-1-3-9(7-10)13(19)22/h1-8H,(H2,19,22)(H2,20,21,24). The summed E-state index contributed by atoms with van der Waals surface area (Å²) in [4.78, 5) is 11.1. The van der Waals surface area contributed by atoms with Gasteiger partial charge in [0.2, 0.25) is 5.91 Å². The Labute approximate surface area is 140 Å². The van der Waals surface area contributed by atoms with E-state index in [0.29, 0.717) is 16.9 Å². The molecule has 0 aliphatic heterocycles. The van der Waals surface area contributed by atoms with Crippen molar-refractivity contribution < 1.29 is 22.7 Å². The summed E-state index contributed by atoms with van der Waals surface area (Å²) in [7, 11) is 0. The lowest BCUT2D eigenvalue weighted by Crippen LogP contribution is -2.20. The molecule has 9 heteroatoms. The van der Waals surface area contributed by atoms with Crippen molar-refractivity contribution in [2.45, 2.75) is 6.36 Å². The molecule has 2 aromatic rings. The van der Waals surface area contributed by atoms with Crippen molar-refractivity contribution in [1.29, 1.82) is 0 Å². The molecular weight excluding hydrogens is 343 g/mol. The lowest BCUT2D eigenvalue weighted by Gasteiger charge is -2.13. The van der Waals surface area contributed by atoms with Gasteiger partial charge in [-0.2, -0.15) is 0 Å². The first-order valence-electron chi connectivity index (χ1n) is 6.56. The van der Waals surface area contributed by atoms with E-state index in [9.17, 15) is 18.0 Å². The zero-order chi connectivity index (χ0) is 17.7. The average Bonchev–Trinajstić information content (AvgIpc) is 2.45. The maximum absolute atomic E-state index is 12.2. The number of nitrogens with one attached hydrogen (secondary N) is 2. The molecule has 0 aromatic heterocycles. The van der Waals surface area contributed by atoms with E-state index in [1.807, 2.05) is 0 Å². The summed E-state index contributed by atoms with van der Waals surface area (Å²) in [5.41, 5.74) is 6.29. The van der Waals surface area contributed by atoms with Crippen molar-refractivity contribution >= 4 is 34.6 Å². The van der Waals surface area contributed by atoms with E-state index >= 15 is 0 Å². The summed E-state index contributed by atoms with van der Waals surface area (Å²) in [6, 6.07) is 11.6.